The highest BCUT2D eigenvalue weighted by molar-refractivity contribution is 6.06. The zero-order valence-corrected chi connectivity index (χ0v) is 14.6. The van der Waals surface area contributed by atoms with E-state index in [1.54, 1.807) is 0 Å². The molecule has 1 saturated heterocycles. The minimum Gasteiger partial charge on any atom is -0.443 e. The SMILES string of the molecule is CN(C)C=C1C(=O)N(C(=O)OC(C)(C)C)C2C3=CCCC3CC12. The molecular formula is C18H26N2O3. The first-order chi connectivity index (χ1) is 10.7. The number of hydrogen-bond acceptors (Lipinski definition) is 4. The van der Waals surface area contributed by atoms with Crippen LogP contribution in [0.25, 0.3) is 0 Å². The van der Waals surface area contributed by atoms with E-state index >= 15 is 0 Å². The van der Waals surface area contributed by atoms with Crippen molar-refractivity contribution in [1.82, 2.24) is 9.80 Å². The molecular weight excluding hydrogens is 292 g/mol. The Labute approximate surface area is 138 Å². The molecule has 126 valence electrons. The van der Waals surface area contributed by atoms with Crippen LogP contribution in [-0.2, 0) is 9.53 Å². The quantitative estimate of drug-likeness (QED) is 0.551. The van der Waals surface area contributed by atoms with Crippen LogP contribution in [0.2, 0.25) is 0 Å². The highest BCUT2D eigenvalue weighted by Gasteiger charge is 2.56. The number of hydrogen-bond donors (Lipinski definition) is 0. The van der Waals surface area contributed by atoms with Gasteiger partial charge in [-0.2, -0.15) is 0 Å². The molecule has 0 aromatic rings. The number of likely N-dealkylation sites (tertiary alicyclic amines) is 1. The molecule has 3 aliphatic rings. The Morgan fingerprint density at radius 3 is 2.70 bits per heavy atom. The molecule has 0 aromatic heterocycles. The van der Waals surface area contributed by atoms with Gasteiger partial charge in [0.1, 0.15) is 5.60 Å². The fourth-order valence-corrected chi connectivity index (χ4v) is 4.06. The summed E-state index contributed by atoms with van der Waals surface area (Å²) in [6.45, 7) is 5.48. The predicted molar refractivity (Wildman–Crippen MR) is 87.6 cm³/mol. The van der Waals surface area contributed by atoms with Crippen molar-refractivity contribution in [3.8, 4) is 0 Å². The second kappa shape index (κ2) is 5.39. The molecule has 5 heteroatoms. The first-order valence-electron chi connectivity index (χ1n) is 8.33. The Balaban J connectivity index is 1.97. The van der Waals surface area contributed by atoms with E-state index in [1.807, 2.05) is 46.0 Å². The van der Waals surface area contributed by atoms with E-state index in [9.17, 15) is 9.59 Å². The van der Waals surface area contributed by atoms with Gasteiger partial charge in [0.25, 0.3) is 5.91 Å². The predicted octanol–water partition coefficient (Wildman–Crippen LogP) is 2.93. The van der Waals surface area contributed by atoms with Crippen LogP contribution in [0.15, 0.2) is 23.4 Å². The third-order valence-electron chi connectivity index (χ3n) is 4.76. The summed E-state index contributed by atoms with van der Waals surface area (Å²) in [5, 5.41) is 0. The number of amides is 2. The molecule has 0 radical (unpaired) electrons. The Kier molecular flexibility index (Phi) is 3.77. The fraction of sp³-hybridized carbons (Fsp3) is 0.667. The molecule has 1 saturated carbocycles. The van der Waals surface area contributed by atoms with Crippen molar-refractivity contribution in [2.75, 3.05) is 14.1 Å². The molecule has 0 spiro atoms. The lowest BCUT2D eigenvalue weighted by Crippen LogP contribution is -2.43. The molecule has 0 bridgehead atoms. The number of rotatable bonds is 1. The molecule has 3 unspecified atom stereocenters. The minimum atomic E-state index is -0.608. The molecule has 0 aromatic carbocycles. The average molecular weight is 318 g/mol. The summed E-state index contributed by atoms with van der Waals surface area (Å²) in [5.74, 6) is 0.414. The van der Waals surface area contributed by atoms with E-state index < -0.39 is 11.7 Å². The normalized spacial score (nSPS) is 31.3. The Bertz CT molecular complexity index is 598. The van der Waals surface area contributed by atoms with Gasteiger partial charge in [0.15, 0.2) is 0 Å². The monoisotopic (exact) mass is 318 g/mol. The molecule has 5 nitrogen and oxygen atoms in total. The van der Waals surface area contributed by atoms with Gasteiger partial charge in [-0.05, 0) is 51.5 Å². The summed E-state index contributed by atoms with van der Waals surface area (Å²) >= 11 is 0. The second-order valence-electron chi connectivity index (χ2n) is 7.97. The number of carbonyl (C=O) groups excluding carboxylic acids is 2. The third-order valence-corrected chi connectivity index (χ3v) is 4.76. The van der Waals surface area contributed by atoms with Crippen molar-refractivity contribution in [1.29, 1.82) is 0 Å². The zero-order valence-electron chi connectivity index (χ0n) is 14.6. The molecule has 1 aliphatic heterocycles. The van der Waals surface area contributed by atoms with Crippen LogP contribution in [-0.4, -0.2) is 47.5 Å². The molecule has 23 heavy (non-hydrogen) atoms. The average Bonchev–Trinajstić information content (AvgIpc) is 3.01. The van der Waals surface area contributed by atoms with E-state index in [0.717, 1.165) is 24.8 Å². The van der Waals surface area contributed by atoms with Crippen molar-refractivity contribution in [2.24, 2.45) is 11.8 Å². The van der Waals surface area contributed by atoms with Crippen LogP contribution in [0.4, 0.5) is 4.79 Å². The summed E-state index contributed by atoms with van der Waals surface area (Å²) in [7, 11) is 3.81. The van der Waals surface area contributed by atoms with Gasteiger partial charge in [-0.15, -0.1) is 0 Å². The van der Waals surface area contributed by atoms with Gasteiger partial charge in [-0.3, -0.25) is 4.79 Å². The van der Waals surface area contributed by atoms with E-state index in [2.05, 4.69) is 6.08 Å². The fourth-order valence-electron chi connectivity index (χ4n) is 4.06. The standard InChI is InChI=1S/C18H26N2O3/c1-18(2,3)23-17(22)20-15-12-8-6-7-11(12)9-13(15)14(16(20)21)10-19(4)5/h8,10-11,13,15H,6-7,9H2,1-5H3. The Morgan fingerprint density at radius 1 is 1.39 bits per heavy atom. The number of ether oxygens (including phenoxy) is 1. The maximum absolute atomic E-state index is 12.9. The lowest BCUT2D eigenvalue weighted by atomic mass is 9.96. The molecule has 3 atom stereocenters. The first-order valence-corrected chi connectivity index (χ1v) is 8.33. The number of fused-ring (bicyclic) bond motifs is 3. The van der Waals surface area contributed by atoms with E-state index in [0.29, 0.717) is 5.92 Å². The third kappa shape index (κ3) is 2.77. The second-order valence-corrected chi connectivity index (χ2v) is 7.97. The molecule has 2 fully saturated rings. The highest BCUT2D eigenvalue weighted by atomic mass is 16.6. The number of imide groups is 1. The smallest absolute Gasteiger partial charge is 0.417 e. The number of nitrogens with zero attached hydrogens (tertiary/aromatic N) is 2. The lowest BCUT2D eigenvalue weighted by molar-refractivity contribution is -0.125. The van der Waals surface area contributed by atoms with Gasteiger partial charge in [-0.25, -0.2) is 9.69 Å². The first kappa shape index (κ1) is 16.1. The van der Waals surface area contributed by atoms with Crippen molar-refractivity contribution in [2.45, 2.75) is 51.7 Å². The van der Waals surface area contributed by atoms with E-state index in [1.165, 1.54) is 10.5 Å². The van der Waals surface area contributed by atoms with Gasteiger partial charge < -0.3 is 9.64 Å². The van der Waals surface area contributed by atoms with Crippen LogP contribution in [0.1, 0.15) is 40.0 Å². The van der Waals surface area contributed by atoms with Crippen LogP contribution in [0.3, 0.4) is 0 Å². The van der Waals surface area contributed by atoms with E-state index in [-0.39, 0.29) is 17.9 Å². The molecule has 1 heterocycles. The summed E-state index contributed by atoms with van der Waals surface area (Å²) in [4.78, 5) is 28.8. The van der Waals surface area contributed by atoms with Crippen molar-refractivity contribution < 1.29 is 14.3 Å². The maximum Gasteiger partial charge on any atom is 0.417 e. The van der Waals surface area contributed by atoms with Crippen LogP contribution < -0.4 is 0 Å². The van der Waals surface area contributed by atoms with E-state index in [4.69, 9.17) is 4.74 Å². The summed E-state index contributed by atoms with van der Waals surface area (Å²) in [6, 6.07) is -0.143. The number of carbonyl (C=O) groups is 2. The summed E-state index contributed by atoms with van der Waals surface area (Å²) in [6.07, 6.45) is 6.71. The zero-order chi connectivity index (χ0) is 16.9. The molecule has 2 amide bonds. The largest absolute Gasteiger partial charge is 0.443 e. The molecule has 3 rings (SSSR count). The topological polar surface area (TPSA) is 49.9 Å². The minimum absolute atomic E-state index is 0.106. The number of allylic oxidation sites excluding steroid dienone is 1. The summed E-state index contributed by atoms with van der Waals surface area (Å²) < 4.78 is 5.50. The van der Waals surface area contributed by atoms with Crippen LogP contribution >= 0.6 is 0 Å². The van der Waals surface area contributed by atoms with Crippen LogP contribution in [0.5, 0.6) is 0 Å². The summed E-state index contributed by atoms with van der Waals surface area (Å²) in [5.41, 5.74) is 1.39. The van der Waals surface area contributed by atoms with Crippen LogP contribution in [0, 0.1) is 11.8 Å². The van der Waals surface area contributed by atoms with Gasteiger partial charge in [0.05, 0.1) is 6.04 Å². The van der Waals surface area contributed by atoms with Gasteiger partial charge in [-0.1, -0.05) is 6.08 Å². The molecule has 2 aliphatic carbocycles. The Hall–Kier alpha value is -1.78. The van der Waals surface area contributed by atoms with Crippen molar-refractivity contribution in [3.63, 3.8) is 0 Å². The maximum atomic E-state index is 12.9. The van der Waals surface area contributed by atoms with Gasteiger partial charge in [0, 0.05) is 31.8 Å². The Morgan fingerprint density at radius 2 is 2.09 bits per heavy atom. The van der Waals surface area contributed by atoms with Gasteiger partial charge in [0.2, 0.25) is 0 Å². The lowest BCUT2D eigenvalue weighted by Gasteiger charge is -2.27. The van der Waals surface area contributed by atoms with Gasteiger partial charge >= 0.3 is 6.09 Å². The van der Waals surface area contributed by atoms with Crippen molar-refractivity contribution >= 4 is 12.0 Å². The highest BCUT2D eigenvalue weighted by Crippen LogP contribution is 2.52. The van der Waals surface area contributed by atoms with Crippen molar-refractivity contribution in [3.05, 3.63) is 23.4 Å². The molecule has 0 N–H and O–H groups in total.